The Bertz CT molecular complexity index is 912. The van der Waals surface area contributed by atoms with Gasteiger partial charge in [-0.3, -0.25) is 0 Å². The van der Waals surface area contributed by atoms with Crippen LogP contribution in [0.3, 0.4) is 0 Å². The van der Waals surface area contributed by atoms with Crippen LogP contribution in [0.4, 0.5) is 5.69 Å². The van der Waals surface area contributed by atoms with E-state index in [9.17, 15) is 0 Å². The van der Waals surface area contributed by atoms with Crippen molar-refractivity contribution in [3.05, 3.63) is 84.1 Å². The molecule has 3 nitrogen and oxygen atoms in total. The second-order valence-corrected chi connectivity index (χ2v) is 8.55. The predicted octanol–water partition coefficient (Wildman–Crippen LogP) is 6.12. The first-order valence-corrected chi connectivity index (χ1v) is 10.0. The molecule has 0 saturated heterocycles. The topological polar surface area (TPSA) is 34.1 Å². The van der Waals surface area contributed by atoms with Crippen molar-refractivity contribution in [2.45, 2.75) is 30.2 Å². The van der Waals surface area contributed by atoms with Crippen LogP contribution in [0.1, 0.15) is 36.3 Å². The Morgan fingerprint density at radius 1 is 1.00 bits per heavy atom. The molecule has 1 N–H and O–H groups in total. The second kappa shape index (κ2) is 7.28. The van der Waals surface area contributed by atoms with Crippen LogP contribution in [0.15, 0.2) is 78.0 Å². The highest BCUT2D eigenvalue weighted by Gasteiger charge is 2.44. The third kappa shape index (κ3) is 3.42. The van der Waals surface area contributed by atoms with Gasteiger partial charge in [-0.25, -0.2) is 4.98 Å². The van der Waals surface area contributed by atoms with E-state index in [1.807, 2.05) is 36.2 Å². The van der Waals surface area contributed by atoms with Crippen molar-refractivity contribution < 1.29 is 4.74 Å². The predicted molar refractivity (Wildman–Crippen MR) is 112 cm³/mol. The van der Waals surface area contributed by atoms with E-state index < -0.39 is 0 Å². The highest BCUT2D eigenvalue weighted by molar-refractivity contribution is 7.99. The minimum Gasteiger partial charge on any atom is -0.497 e. The van der Waals surface area contributed by atoms with Crippen LogP contribution in [0.25, 0.3) is 0 Å². The van der Waals surface area contributed by atoms with Gasteiger partial charge in [-0.15, -0.1) is 0 Å². The van der Waals surface area contributed by atoms with Crippen molar-refractivity contribution in [1.82, 2.24) is 4.98 Å². The van der Waals surface area contributed by atoms with Gasteiger partial charge in [0, 0.05) is 22.5 Å². The van der Waals surface area contributed by atoms with E-state index >= 15 is 0 Å². The second-order valence-electron chi connectivity index (χ2n) is 7.43. The highest BCUT2D eigenvalue weighted by Crippen LogP contribution is 2.58. The molecule has 1 aliphatic rings. The molecule has 0 fully saturated rings. The number of nitrogens with zero attached hydrogens (tertiary/aromatic N) is 1. The molecular weight excluding hydrogens is 352 g/mol. The van der Waals surface area contributed by atoms with E-state index in [-0.39, 0.29) is 16.7 Å². The molecule has 0 saturated carbocycles. The summed E-state index contributed by atoms with van der Waals surface area (Å²) in [5.74, 6) is 0.885. The number of ether oxygens (including phenoxy) is 1. The maximum absolute atomic E-state index is 5.51. The van der Waals surface area contributed by atoms with E-state index in [0.29, 0.717) is 0 Å². The molecule has 0 spiro atoms. The zero-order valence-corrected chi connectivity index (χ0v) is 16.7. The molecule has 4 heteroatoms. The van der Waals surface area contributed by atoms with Gasteiger partial charge in [-0.05, 0) is 41.5 Å². The van der Waals surface area contributed by atoms with E-state index in [1.165, 1.54) is 11.1 Å². The first-order valence-electron chi connectivity index (χ1n) is 9.16. The average molecular weight is 377 g/mol. The van der Waals surface area contributed by atoms with Crippen molar-refractivity contribution in [3.8, 4) is 5.75 Å². The van der Waals surface area contributed by atoms with E-state index in [2.05, 4.69) is 72.7 Å². The van der Waals surface area contributed by atoms with Crippen LogP contribution in [0, 0.1) is 5.41 Å². The first-order chi connectivity index (χ1) is 13.1. The number of hydrogen-bond donors (Lipinski definition) is 1. The summed E-state index contributed by atoms with van der Waals surface area (Å²) in [5, 5.41) is 5.06. The lowest BCUT2D eigenvalue weighted by Crippen LogP contribution is -2.37. The lowest BCUT2D eigenvalue weighted by molar-refractivity contribution is 0.287. The number of aromatic nitrogens is 1. The SMILES string of the molecule is COc1ccc2c(c1)[C@@H](Sc1ccccn1)C(C)(C)[C@H](c1ccccc1)N2. The Balaban J connectivity index is 1.82. The summed E-state index contributed by atoms with van der Waals surface area (Å²) < 4.78 is 5.51. The summed E-state index contributed by atoms with van der Waals surface area (Å²) in [5.41, 5.74) is 3.69. The molecule has 2 heterocycles. The number of rotatable bonds is 4. The Hall–Kier alpha value is -2.46. The number of hydrogen-bond acceptors (Lipinski definition) is 4. The quantitative estimate of drug-likeness (QED) is 0.595. The summed E-state index contributed by atoms with van der Waals surface area (Å²) in [7, 11) is 1.72. The molecule has 27 heavy (non-hydrogen) atoms. The molecule has 2 atom stereocenters. The number of fused-ring (bicyclic) bond motifs is 1. The smallest absolute Gasteiger partial charge is 0.119 e. The number of anilines is 1. The van der Waals surface area contributed by atoms with Crippen molar-refractivity contribution in [2.24, 2.45) is 5.41 Å². The summed E-state index contributed by atoms with van der Waals surface area (Å²) in [6.07, 6.45) is 1.86. The molecule has 0 bridgehead atoms. The maximum Gasteiger partial charge on any atom is 0.119 e. The Morgan fingerprint density at radius 2 is 1.78 bits per heavy atom. The normalized spacial score (nSPS) is 20.4. The molecule has 4 rings (SSSR count). The lowest BCUT2D eigenvalue weighted by Gasteiger charge is -2.46. The van der Waals surface area contributed by atoms with Crippen molar-refractivity contribution in [1.29, 1.82) is 0 Å². The van der Waals surface area contributed by atoms with Gasteiger partial charge < -0.3 is 10.1 Å². The fourth-order valence-electron chi connectivity index (χ4n) is 3.82. The van der Waals surface area contributed by atoms with Crippen molar-refractivity contribution in [2.75, 3.05) is 12.4 Å². The van der Waals surface area contributed by atoms with Gasteiger partial charge in [0.15, 0.2) is 0 Å². The van der Waals surface area contributed by atoms with Crippen molar-refractivity contribution >= 4 is 17.4 Å². The molecule has 1 aliphatic heterocycles. The van der Waals surface area contributed by atoms with Gasteiger partial charge in [-0.2, -0.15) is 0 Å². The monoisotopic (exact) mass is 376 g/mol. The van der Waals surface area contributed by atoms with E-state index in [1.54, 1.807) is 7.11 Å². The first kappa shape index (κ1) is 17.9. The fourth-order valence-corrected chi connectivity index (χ4v) is 5.10. The van der Waals surface area contributed by atoms with Crippen LogP contribution < -0.4 is 10.1 Å². The molecule has 0 unspecified atom stereocenters. The van der Waals surface area contributed by atoms with Crippen LogP contribution >= 0.6 is 11.8 Å². The van der Waals surface area contributed by atoms with Crippen LogP contribution in [-0.4, -0.2) is 12.1 Å². The summed E-state index contributed by atoms with van der Waals surface area (Å²) in [4.78, 5) is 4.56. The molecule has 0 amide bonds. The highest BCUT2D eigenvalue weighted by atomic mass is 32.2. The molecule has 0 aliphatic carbocycles. The average Bonchev–Trinajstić information content (AvgIpc) is 2.71. The van der Waals surface area contributed by atoms with Crippen molar-refractivity contribution in [3.63, 3.8) is 0 Å². The number of thioether (sulfide) groups is 1. The molecule has 1 aromatic heterocycles. The number of methoxy groups -OCH3 is 1. The standard InChI is InChI=1S/C23H24N2OS/c1-23(2)21(16-9-5-4-6-10-16)25-19-13-12-17(26-3)15-18(19)22(23)27-20-11-7-8-14-24-20/h4-15,21-22,25H,1-3H3/t21-,22+/m0/s1. The number of nitrogens with one attached hydrogen (secondary N) is 1. The van der Waals surface area contributed by atoms with Gasteiger partial charge in [0.1, 0.15) is 5.75 Å². The number of benzene rings is 2. The van der Waals surface area contributed by atoms with Gasteiger partial charge in [-0.1, -0.05) is 62.0 Å². The van der Waals surface area contributed by atoms with Crippen LogP contribution in [0.5, 0.6) is 5.75 Å². The lowest BCUT2D eigenvalue weighted by atomic mass is 9.72. The van der Waals surface area contributed by atoms with Crippen LogP contribution in [-0.2, 0) is 0 Å². The van der Waals surface area contributed by atoms with Gasteiger partial charge >= 0.3 is 0 Å². The third-order valence-electron chi connectivity index (χ3n) is 5.27. The zero-order chi connectivity index (χ0) is 18.9. The summed E-state index contributed by atoms with van der Waals surface area (Å²) >= 11 is 1.83. The zero-order valence-electron chi connectivity index (χ0n) is 15.8. The van der Waals surface area contributed by atoms with Gasteiger partial charge in [0.25, 0.3) is 0 Å². The van der Waals surface area contributed by atoms with Gasteiger partial charge in [0.05, 0.1) is 18.2 Å². The molecule has 0 radical (unpaired) electrons. The minimum atomic E-state index is -0.0388. The maximum atomic E-state index is 5.51. The van der Waals surface area contributed by atoms with Crippen LogP contribution in [0.2, 0.25) is 0 Å². The number of pyridine rings is 1. The third-order valence-corrected chi connectivity index (χ3v) is 6.85. The fraction of sp³-hybridized carbons (Fsp3) is 0.261. The Kier molecular flexibility index (Phi) is 4.83. The molecule has 2 aromatic carbocycles. The summed E-state index contributed by atoms with van der Waals surface area (Å²) in [6, 6.07) is 23.3. The minimum absolute atomic E-state index is 0.0388. The molecule has 3 aromatic rings. The summed E-state index contributed by atoms with van der Waals surface area (Å²) in [6.45, 7) is 4.67. The largest absolute Gasteiger partial charge is 0.497 e. The van der Waals surface area contributed by atoms with Gasteiger partial charge in [0.2, 0.25) is 0 Å². The van der Waals surface area contributed by atoms with E-state index in [0.717, 1.165) is 16.5 Å². The Morgan fingerprint density at radius 3 is 2.48 bits per heavy atom. The molecular formula is C23H24N2OS. The Labute approximate surface area is 165 Å². The van der Waals surface area contributed by atoms with E-state index in [4.69, 9.17) is 4.74 Å². The molecule has 138 valence electrons.